The number of benzene rings is 2. The van der Waals surface area contributed by atoms with Gasteiger partial charge in [0.15, 0.2) is 5.96 Å². The Balaban J connectivity index is 0.00000392. The van der Waals surface area contributed by atoms with Crippen LogP contribution in [0.15, 0.2) is 53.5 Å². The molecule has 0 spiro atoms. The van der Waals surface area contributed by atoms with Crippen molar-refractivity contribution in [2.24, 2.45) is 4.99 Å². The number of carbonyl (C=O) groups excluding carboxylic acids is 1. The van der Waals surface area contributed by atoms with Crippen molar-refractivity contribution in [2.45, 2.75) is 20.0 Å². The summed E-state index contributed by atoms with van der Waals surface area (Å²) < 4.78 is 5.32. The molecule has 1 amide bonds. The zero-order valence-corrected chi connectivity index (χ0v) is 19.2. The second kappa shape index (κ2) is 12.2. The van der Waals surface area contributed by atoms with Crippen LogP contribution in [0.25, 0.3) is 0 Å². The van der Waals surface area contributed by atoms with Gasteiger partial charge in [-0.1, -0.05) is 36.4 Å². The average molecular weight is 496 g/mol. The van der Waals surface area contributed by atoms with E-state index in [-0.39, 0.29) is 36.4 Å². The number of halogens is 1. The summed E-state index contributed by atoms with van der Waals surface area (Å²) in [6.07, 6.45) is 0. The summed E-state index contributed by atoms with van der Waals surface area (Å²) in [5.41, 5.74) is 3.31. The Morgan fingerprint density at radius 2 is 1.79 bits per heavy atom. The Morgan fingerprint density at radius 3 is 2.43 bits per heavy atom. The molecule has 0 heterocycles. The van der Waals surface area contributed by atoms with E-state index in [0.717, 1.165) is 22.4 Å². The minimum atomic E-state index is -0.0126. The SMILES string of the molecule is COc1cc(C)cc(CN=C(NCC(=O)N(C)C)NCc2ccccc2)c1.I. The Kier molecular flexibility index (Phi) is 10.4. The third-order valence-electron chi connectivity index (χ3n) is 3.97. The molecule has 7 heteroatoms. The first-order valence-electron chi connectivity index (χ1n) is 8.88. The van der Waals surface area contributed by atoms with Crippen LogP contribution >= 0.6 is 24.0 Å². The standard InChI is InChI=1S/C21H28N4O2.HI/c1-16-10-18(12-19(11-16)27-4)14-23-21(24-15-20(26)25(2)3)22-13-17-8-6-5-7-9-17;/h5-12H,13-15H2,1-4H3,(H2,22,23,24);1H. The first kappa shape index (κ1) is 23.7. The Bertz CT molecular complexity index is 779. The van der Waals surface area contributed by atoms with Gasteiger partial charge in [0.1, 0.15) is 5.75 Å². The molecule has 0 aliphatic heterocycles. The van der Waals surface area contributed by atoms with Gasteiger partial charge in [0.05, 0.1) is 20.2 Å². The van der Waals surface area contributed by atoms with E-state index in [0.29, 0.717) is 19.0 Å². The van der Waals surface area contributed by atoms with E-state index < -0.39 is 0 Å². The number of aliphatic imine (C=N–C) groups is 1. The van der Waals surface area contributed by atoms with Crippen molar-refractivity contribution in [3.05, 3.63) is 65.2 Å². The number of carbonyl (C=O) groups is 1. The molecule has 28 heavy (non-hydrogen) atoms. The molecule has 0 aliphatic rings. The normalized spacial score (nSPS) is 10.6. The quantitative estimate of drug-likeness (QED) is 0.352. The Labute approximate surface area is 184 Å². The van der Waals surface area contributed by atoms with Gasteiger partial charge in [0.2, 0.25) is 5.91 Å². The number of rotatable bonds is 7. The van der Waals surface area contributed by atoms with Crippen LogP contribution in [-0.2, 0) is 17.9 Å². The number of likely N-dealkylation sites (N-methyl/N-ethyl adjacent to an activating group) is 1. The number of methoxy groups -OCH3 is 1. The first-order chi connectivity index (χ1) is 13.0. The zero-order chi connectivity index (χ0) is 19.6. The minimum Gasteiger partial charge on any atom is -0.497 e. The highest BCUT2D eigenvalue weighted by Crippen LogP contribution is 2.17. The highest BCUT2D eigenvalue weighted by atomic mass is 127. The molecule has 0 aliphatic carbocycles. The van der Waals surface area contributed by atoms with E-state index in [1.807, 2.05) is 49.4 Å². The molecule has 2 rings (SSSR count). The molecule has 0 radical (unpaired) electrons. The molecule has 2 aromatic carbocycles. The molecular weight excluding hydrogens is 467 g/mol. The monoisotopic (exact) mass is 496 g/mol. The zero-order valence-electron chi connectivity index (χ0n) is 16.9. The van der Waals surface area contributed by atoms with Crippen LogP contribution in [0, 0.1) is 6.92 Å². The summed E-state index contributed by atoms with van der Waals surface area (Å²) in [4.78, 5) is 18.1. The fraction of sp³-hybridized carbons (Fsp3) is 0.333. The lowest BCUT2D eigenvalue weighted by Crippen LogP contribution is -2.42. The van der Waals surface area contributed by atoms with Crippen molar-refractivity contribution < 1.29 is 9.53 Å². The molecule has 2 N–H and O–H groups in total. The van der Waals surface area contributed by atoms with Crippen LogP contribution in [0.1, 0.15) is 16.7 Å². The number of amides is 1. The molecule has 2 aromatic rings. The van der Waals surface area contributed by atoms with Crippen LogP contribution in [0.4, 0.5) is 0 Å². The molecule has 6 nitrogen and oxygen atoms in total. The fourth-order valence-corrected chi connectivity index (χ4v) is 2.48. The van der Waals surface area contributed by atoms with Gasteiger partial charge in [0.25, 0.3) is 0 Å². The summed E-state index contributed by atoms with van der Waals surface area (Å²) in [5, 5.41) is 6.38. The van der Waals surface area contributed by atoms with E-state index in [9.17, 15) is 4.79 Å². The second-order valence-corrected chi connectivity index (χ2v) is 6.50. The number of hydrogen-bond donors (Lipinski definition) is 2. The lowest BCUT2D eigenvalue weighted by atomic mass is 10.1. The minimum absolute atomic E-state index is 0. The third-order valence-corrected chi connectivity index (χ3v) is 3.97. The predicted molar refractivity (Wildman–Crippen MR) is 124 cm³/mol. The highest BCUT2D eigenvalue weighted by molar-refractivity contribution is 14.0. The highest BCUT2D eigenvalue weighted by Gasteiger charge is 2.06. The van der Waals surface area contributed by atoms with Gasteiger partial charge >= 0.3 is 0 Å². The largest absolute Gasteiger partial charge is 0.497 e. The van der Waals surface area contributed by atoms with Crippen molar-refractivity contribution in [1.82, 2.24) is 15.5 Å². The Hall–Kier alpha value is -2.29. The average Bonchev–Trinajstić information content (AvgIpc) is 2.67. The van der Waals surface area contributed by atoms with Gasteiger partial charge in [-0.15, -0.1) is 24.0 Å². The number of aryl methyl sites for hydroxylation is 1. The lowest BCUT2D eigenvalue weighted by molar-refractivity contribution is -0.127. The molecule has 0 saturated carbocycles. The topological polar surface area (TPSA) is 66.0 Å². The third kappa shape index (κ3) is 8.16. The van der Waals surface area contributed by atoms with Crippen molar-refractivity contribution in [3.63, 3.8) is 0 Å². The second-order valence-electron chi connectivity index (χ2n) is 6.50. The Morgan fingerprint density at radius 1 is 1.07 bits per heavy atom. The maximum atomic E-state index is 11.9. The summed E-state index contributed by atoms with van der Waals surface area (Å²) >= 11 is 0. The number of nitrogens with zero attached hydrogens (tertiary/aromatic N) is 2. The summed E-state index contributed by atoms with van der Waals surface area (Å²) in [6, 6.07) is 16.1. The molecule has 0 bridgehead atoms. The fourth-order valence-electron chi connectivity index (χ4n) is 2.48. The first-order valence-corrected chi connectivity index (χ1v) is 8.88. The molecule has 0 aromatic heterocycles. The van der Waals surface area contributed by atoms with Crippen molar-refractivity contribution in [2.75, 3.05) is 27.7 Å². The van der Waals surface area contributed by atoms with Gasteiger partial charge in [-0.05, 0) is 35.7 Å². The molecule has 0 unspecified atom stereocenters. The molecule has 0 saturated heterocycles. The van der Waals surface area contributed by atoms with E-state index >= 15 is 0 Å². The molecular formula is C21H29IN4O2. The smallest absolute Gasteiger partial charge is 0.241 e. The van der Waals surface area contributed by atoms with E-state index in [4.69, 9.17) is 4.74 Å². The number of guanidine groups is 1. The van der Waals surface area contributed by atoms with Gasteiger partial charge in [-0.3, -0.25) is 4.79 Å². The molecule has 0 atom stereocenters. The molecule has 0 fully saturated rings. The summed E-state index contributed by atoms with van der Waals surface area (Å²) in [6.45, 7) is 3.32. The molecule has 152 valence electrons. The van der Waals surface area contributed by atoms with Crippen LogP contribution < -0.4 is 15.4 Å². The predicted octanol–water partition coefficient (Wildman–Crippen LogP) is 2.95. The van der Waals surface area contributed by atoms with Crippen LogP contribution in [0.5, 0.6) is 5.75 Å². The van der Waals surface area contributed by atoms with Crippen molar-refractivity contribution in [1.29, 1.82) is 0 Å². The summed E-state index contributed by atoms with van der Waals surface area (Å²) in [7, 11) is 5.12. The van der Waals surface area contributed by atoms with Gasteiger partial charge in [-0.2, -0.15) is 0 Å². The summed E-state index contributed by atoms with van der Waals surface area (Å²) in [5.74, 6) is 1.39. The van der Waals surface area contributed by atoms with Crippen LogP contribution in [0.3, 0.4) is 0 Å². The van der Waals surface area contributed by atoms with Crippen molar-refractivity contribution in [3.8, 4) is 5.75 Å². The van der Waals surface area contributed by atoms with Crippen molar-refractivity contribution >= 4 is 35.8 Å². The maximum absolute atomic E-state index is 11.9. The van der Waals surface area contributed by atoms with E-state index in [1.54, 1.807) is 26.1 Å². The van der Waals surface area contributed by atoms with Crippen LogP contribution in [0.2, 0.25) is 0 Å². The van der Waals surface area contributed by atoms with Gasteiger partial charge < -0.3 is 20.3 Å². The van der Waals surface area contributed by atoms with Crippen LogP contribution in [-0.4, -0.2) is 44.5 Å². The van der Waals surface area contributed by atoms with Gasteiger partial charge in [0, 0.05) is 20.6 Å². The van der Waals surface area contributed by atoms with E-state index in [1.165, 1.54) is 0 Å². The maximum Gasteiger partial charge on any atom is 0.241 e. The number of ether oxygens (including phenoxy) is 1. The van der Waals surface area contributed by atoms with E-state index in [2.05, 4.69) is 21.7 Å². The van der Waals surface area contributed by atoms with Gasteiger partial charge in [-0.25, -0.2) is 4.99 Å². The number of nitrogens with one attached hydrogen (secondary N) is 2. The lowest BCUT2D eigenvalue weighted by Gasteiger charge is -2.15. The number of hydrogen-bond acceptors (Lipinski definition) is 3.